The van der Waals surface area contributed by atoms with Crippen molar-refractivity contribution in [3.05, 3.63) is 280 Å². The van der Waals surface area contributed by atoms with Crippen LogP contribution in [0.5, 0.6) is 23.0 Å². The number of carbonyl (C=O) groups excluding carboxylic acids is 5. The van der Waals surface area contributed by atoms with E-state index in [0.717, 1.165) is 62.4 Å². The number of benzene rings is 7. The molecular formula is C106H143N5O13S. The van der Waals surface area contributed by atoms with Crippen molar-refractivity contribution < 1.29 is 56.9 Å². The minimum atomic E-state index is -3.53. The van der Waals surface area contributed by atoms with Gasteiger partial charge in [0.2, 0.25) is 5.78 Å². The van der Waals surface area contributed by atoms with E-state index < -0.39 is 21.2 Å². The van der Waals surface area contributed by atoms with Gasteiger partial charge in [-0.2, -0.15) is 10.2 Å². The van der Waals surface area contributed by atoms with E-state index in [9.17, 15) is 52.5 Å². The molecule has 676 valence electrons. The van der Waals surface area contributed by atoms with Crippen LogP contribution < -0.4 is 15.9 Å². The summed E-state index contributed by atoms with van der Waals surface area (Å²) in [7, 11) is -3.53. The second-order valence-corrected chi connectivity index (χ2v) is 37.9. The third-order valence-corrected chi connectivity index (χ3v) is 21.5. The van der Waals surface area contributed by atoms with E-state index in [-0.39, 0.29) is 107 Å². The number of rotatable bonds is 31. The molecule has 0 aliphatic carbocycles. The number of nitrogens with two attached hydrogens (primary N) is 1. The van der Waals surface area contributed by atoms with Crippen molar-refractivity contribution in [2.75, 3.05) is 13.1 Å². The highest BCUT2D eigenvalue weighted by Gasteiger charge is 2.30. The number of ketones is 4. The molecule has 0 spiro atoms. The van der Waals surface area contributed by atoms with Gasteiger partial charge in [-0.1, -0.05) is 274 Å². The quantitative estimate of drug-likeness (QED) is 0.0103. The Kier molecular flexibility index (Phi) is 46.3. The number of esters is 1. The number of fused-ring (bicyclic) bond motifs is 1. The van der Waals surface area contributed by atoms with E-state index >= 15 is 0 Å². The first-order valence-electron chi connectivity index (χ1n) is 43.7. The Morgan fingerprint density at radius 1 is 0.544 bits per heavy atom. The average Bonchev–Trinajstić information content (AvgIpc) is 0.787. The first kappa shape index (κ1) is 108. The number of phenolic OH excluding ortho intramolecular Hbond substituents is 3. The smallest absolute Gasteiger partial charge is 0.347 e. The molecular weight excluding hydrogens is 1580 g/mol. The third kappa shape index (κ3) is 39.9. The molecule has 19 heteroatoms. The van der Waals surface area contributed by atoms with Crippen LogP contribution in [-0.2, 0) is 38.0 Å². The zero-order valence-electron chi connectivity index (χ0n) is 78.9. The molecule has 9 aromatic rings. The summed E-state index contributed by atoms with van der Waals surface area (Å²) < 4.78 is 35.8. The van der Waals surface area contributed by atoms with Gasteiger partial charge in [0, 0.05) is 66.4 Å². The van der Waals surface area contributed by atoms with Crippen LogP contribution in [-0.4, -0.2) is 87.9 Å². The summed E-state index contributed by atoms with van der Waals surface area (Å²) in [5.74, 6) is 0.652. The Bertz CT molecular complexity index is 5120. The maximum absolute atomic E-state index is 12.5. The second-order valence-electron chi connectivity index (χ2n) is 36.0. The summed E-state index contributed by atoms with van der Waals surface area (Å²) in [4.78, 5) is 77.9. The minimum Gasteiger partial charge on any atom is -0.507 e. The van der Waals surface area contributed by atoms with E-state index in [1.807, 2.05) is 58.9 Å². The molecule has 0 bridgehead atoms. The zero-order valence-corrected chi connectivity index (χ0v) is 79.7. The summed E-state index contributed by atoms with van der Waals surface area (Å²) >= 11 is 0. The van der Waals surface area contributed by atoms with Crippen LogP contribution in [0.15, 0.2) is 243 Å². The first-order chi connectivity index (χ1) is 58.6. The number of hydrogen-bond donors (Lipinski definition) is 4. The summed E-state index contributed by atoms with van der Waals surface area (Å²) in [5.41, 5.74) is 14.5. The van der Waals surface area contributed by atoms with Crippen LogP contribution >= 0.6 is 0 Å². The highest BCUT2D eigenvalue weighted by atomic mass is 32.2. The van der Waals surface area contributed by atoms with E-state index in [0.29, 0.717) is 71.5 Å². The molecule has 0 radical (unpaired) electrons. The van der Waals surface area contributed by atoms with Crippen LogP contribution in [0.4, 0.5) is 11.4 Å². The van der Waals surface area contributed by atoms with Gasteiger partial charge >= 0.3 is 5.97 Å². The molecule has 18 nitrogen and oxygen atoms in total. The van der Waals surface area contributed by atoms with Gasteiger partial charge in [-0.3, -0.25) is 29.0 Å². The number of hydrogen-bond acceptors (Lipinski definition) is 18. The van der Waals surface area contributed by atoms with Crippen molar-refractivity contribution in [1.29, 1.82) is 0 Å². The van der Waals surface area contributed by atoms with Crippen molar-refractivity contribution >= 4 is 66.9 Å². The molecule has 0 aliphatic heterocycles. The molecule has 0 saturated carbocycles. The number of carbonyl (C=O) groups is 5. The predicted molar refractivity (Wildman–Crippen MR) is 514 cm³/mol. The van der Waals surface area contributed by atoms with E-state index in [4.69, 9.17) is 14.9 Å². The van der Waals surface area contributed by atoms with Crippen LogP contribution in [0.3, 0.4) is 0 Å². The molecule has 0 amide bonds. The van der Waals surface area contributed by atoms with Gasteiger partial charge in [0.1, 0.15) is 51.1 Å². The fourth-order valence-electron chi connectivity index (χ4n) is 12.4. The molecule has 5 N–H and O–H groups in total. The number of nitrogens with zero attached hydrogens (tertiary/aromatic N) is 4. The largest absolute Gasteiger partial charge is 0.507 e. The van der Waals surface area contributed by atoms with Crippen LogP contribution in [0.2, 0.25) is 0 Å². The Labute approximate surface area is 747 Å². The zero-order chi connectivity index (χ0) is 94.1. The lowest BCUT2D eigenvalue weighted by atomic mass is 9.77. The number of ether oxygens (including phenoxy) is 1. The number of sulfone groups is 1. The average molecular weight is 1730 g/mol. The van der Waals surface area contributed by atoms with Crippen molar-refractivity contribution in [2.24, 2.45) is 50.0 Å². The lowest BCUT2D eigenvalue weighted by molar-refractivity contribution is -0.128. The summed E-state index contributed by atoms with van der Waals surface area (Å²) in [6.45, 7) is 56.0. The summed E-state index contributed by atoms with van der Waals surface area (Å²) in [5, 5.41) is 37.4. The molecule has 0 aliphatic rings. The lowest BCUT2D eigenvalue weighted by Crippen LogP contribution is -2.34. The van der Waals surface area contributed by atoms with Gasteiger partial charge in [0.25, 0.3) is 0 Å². The fourth-order valence-corrected chi connectivity index (χ4v) is 13.7. The number of Topliss-reactive ketones (excluding diaryl/α,β-unsaturated/α-hetero) is 4. The van der Waals surface area contributed by atoms with E-state index in [1.165, 1.54) is 64.7 Å². The molecule has 2 heterocycles. The SMILES string of the molecule is C=C(c1ccccc1OC(=O)c1ccccc1O)C(C)C.CC(C)C(=O)c1cc(=O)c2c(O)cccc2o1.CC(C)C(=O)c1cc(N=Nc2ccc(S(=O)(=O)Cc3ccccn3)cc2)ccc1O.CC(N)Cc1ccc(C(C)C)cc1.CC/C=C\CC(=O)CC(C)(C)C.CC/C=C\CC(C)(C)C(=O)CC(C)(C)C.CCN(CC)C(C)Cc1ccc(C(C)C)cc1. The van der Waals surface area contributed by atoms with Crippen LogP contribution in [0, 0.1) is 34.0 Å². The molecule has 2 aromatic heterocycles. The van der Waals surface area contributed by atoms with Gasteiger partial charge in [0.05, 0.1) is 33.3 Å². The van der Waals surface area contributed by atoms with Crippen LogP contribution in [0.1, 0.15) is 281 Å². The van der Waals surface area contributed by atoms with Crippen molar-refractivity contribution in [1.82, 2.24) is 9.88 Å². The van der Waals surface area contributed by atoms with Gasteiger partial charge in [0.15, 0.2) is 26.8 Å². The van der Waals surface area contributed by atoms with Crippen molar-refractivity contribution in [2.45, 2.75) is 252 Å². The maximum atomic E-state index is 12.5. The monoisotopic (exact) mass is 1730 g/mol. The summed E-state index contributed by atoms with van der Waals surface area (Å²) in [6.07, 6.45) is 16.8. The Morgan fingerprint density at radius 2 is 1.05 bits per heavy atom. The van der Waals surface area contributed by atoms with Gasteiger partial charge in [-0.05, 0) is 200 Å². The van der Waals surface area contributed by atoms with Gasteiger partial charge < -0.3 is 35.1 Å². The Hall–Kier alpha value is -10.9. The number of azo groups is 1. The minimum absolute atomic E-state index is 0.0306. The van der Waals surface area contributed by atoms with E-state index in [1.54, 1.807) is 107 Å². The highest BCUT2D eigenvalue weighted by Crippen LogP contribution is 2.34. The third-order valence-electron chi connectivity index (χ3n) is 19.8. The highest BCUT2D eigenvalue weighted by molar-refractivity contribution is 7.90. The molecule has 125 heavy (non-hydrogen) atoms. The summed E-state index contributed by atoms with van der Waals surface area (Å²) in [6, 6.07) is 53.6. The first-order valence-corrected chi connectivity index (χ1v) is 45.4. The molecule has 9 rings (SSSR count). The van der Waals surface area contributed by atoms with Crippen molar-refractivity contribution in [3.8, 4) is 23.0 Å². The van der Waals surface area contributed by atoms with Crippen molar-refractivity contribution in [3.63, 3.8) is 0 Å². The van der Waals surface area contributed by atoms with Crippen LogP contribution in [0.25, 0.3) is 16.5 Å². The number of aromatic hydroxyl groups is 3. The second kappa shape index (κ2) is 53.5. The van der Waals surface area contributed by atoms with Gasteiger partial charge in [-0.15, -0.1) is 0 Å². The number of allylic oxidation sites excluding steroid dienone is 5. The predicted octanol–water partition coefficient (Wildman–Crippen LogP) is 26.1. The number of para-hydroxylation sites is 2. The number of pyridine rings is 1. The molecule has 0 fully saturated rings. The molecule has 7 aromatic carbocycles. The number of aromatic nitrogens is 1. The number of likely N-dealkylation sites (N-methyl/N-ethyl adjacent to an activating group) is 1. The topological polar surface area (TPSA) is 286 Å². The van der Waals surface area contributed by atoms with E-state index in [2.05, 4.69) is 191 Å². The molecule has 2 atom stereocenters. The Morgan fingerprint density at radius 3 is 1.55 bits per heavy atom. The lowest BCUT2D eigenvalue weighted by Gasteiger charge is -2.26. The Balaban J connectivity index is 0.000000385. The molecule has 0 saturated heterocycles. The normalized spacial score (nSPS) is 12.1. The maximum Gasteiger partial charge on any atom is 0.347 e. The number of phenols is 3. The van der Waals surface area contributed by atoms with Gasteiger partial charge in [-0.25, -0.2) is 13.2 Å². The standard InChI is InChI=1S/C22H21N3O4S.C18H18O3.C16H27N.C14H26O.C13H12O4.C12H19N.C11H20O/c1-15(2)22(27)20-13-17(8-11-21(20)26)25-24-16-6-9-19(10-7-16)30(28,29)14-18-5-3-4-12-23-18;1-12(2)13(3)14-8-5-7-11-17(14)21-18(20)15-9-4-6-10-16(15)19;1-6-17(7-2)14(5)12-15-8-10-16(11-9-15)13(3)4;1-7-8-9-10-14(5,6)12(15)11-13(2,3)4;1-7(2)13(16)11-6-9(15)12-8(14)4-3-5-10(12)17-11;1-9(2)12-6-4-11(5-7-12)8-10(3)13;1-5-6-7-8-10(12)9-11(2,3)4/h3-13,15,26H,14H2,1-2H3;4-12,19H,3H2,1-2H3;8-11,13-14H,6-7,12H2,1-5H3;8-9H,7,10-11H2,1-6H3;3-7,14H,1-2H3;4-7,9-10H,8,13H2,1-3H3;6-7H,5,8-9H2,1-4H3/b;;;9-8-;;;7-6-. The fraction of sp³-hybridized carbons (Fsp3) is 0.425. The molecule has 2 unspecified atom stereocenters.